The molecule has 0 radical (unpaired) electrons. The minimum absolute atomic E-state index is 0.0223. The van der Waals surface area contributed by atoms with Gasteiger partial charge in [0.25, 0.3) is 10.0 Å². The van der Waals surface area contributed by atoms with Crippen LogP contribution in [0.4, 0.5) is 11.4 Å². The summed E-state index contributed by atoms with van der Waals surface area (Å²) in [5.41, 5.74) is 0.303. The van der Waals surface area contributed by atoms with Crippen LogP contribution < -0.4 is 9.62 Å². The summed E-state index contributed by atoms with van der Waals surface area (Å²) in [6.07, 6.45) is 0. The Balaban J connectivity index is 1.97. The van der Waals surface area contributed by atoms with Crippen molar-refractivity contribution in [3.63, 3.8) is 0 Å². The van der Waals surface area contributed by atoms with E-state index in [-0.39, 0.29) is 36.9 Å². The Morgan fingerprint density at radius 1 is 0.939 bits per heavy atom. The first-order valence-corrected chi connectivity index (χ1v) is 11.9. The quantitative estimate of drug-likeness (QED) is 0.423. The maximum absolute atomic E-state index is 13.4. The van der Waals surface area contributed by atoms with Crippen LogP contribution in [0.1, 0.15) is 10.4 Å². The van der Waals surface area contributed by atoms with Crippen LogP contribution in [-0.4, -0.2) is 33.9 Å². The summed E-state index contributed by atoms with van der Waals surface area (Å²) >= 11 is 18.4. The second kappa shape index (κ2) is 10.4. The topological polar surface area (TPSA) is 92.8 Å². The number of halogens is 3. The fourth-order valence-electron chi connectivity index (χ4n) is 2.90. The van der Waals surface area contributed by atoms with E-state index in [1.807, 2.05) is 0 Å². The lowest BCUT2D eigenvalue weighted by molar-refractivity contribution is -0.114. The van der Waals surface area contributed by atoms with Crippen molar-refractivity contribution in [3.05, 3.63) is 87.4 Å². The van der Waals surface area contributed by atoms with Gasteiger partial charge in [0, 0.05) is 5.69 Å². The molecule has 1 amide bonds. The van der Waals surface area contributed by atoms with Crippen molar-refractivity contribution in [1.82, 2.24) is 0 Å². The fourth-order valence-corrected chi connectivity index (χ4v) is 5.00. The van der Waals surface area contributed by atoms with E-state index in [9.17, 15) is 18.0 Å². The molecule has 3 aromatic rings. The van der Waals surface area contributed by atoms with Crippen LogP contribution in [0.25, 0.3) is 0 Å². The number of carbonyl (C=O) groups excluding carboxylic acids is 2. The molecule has 0 heterocycles. The Hall–Kier alpha value is -2.78. The molecule has 3 rings (SSSR count). The van der Waals surface area contributed by atoms with Gasteiger partial charge in [-0.05, 0) is 42.5 Å². The van der Waals surface area contributed by atoms with Gasteiger partial charge in [-0.15, -0.1) is 0 Å². The number of methoxy groups -OCH3 is 1. The molecule has 1 N–H and O–H groups in total. The smallest absolute Gasteiger partial charge is 0.339 e. The van der Waals surface area contributed by atoms with E-state index in [1.165, 1.54) is 55.6 Å². The lowest BCUT2D eigenvalue weighted by Gasteiger charge is -2.25. The van der Waals surface area contributed by atoms with E-state index < -0.39 is 28.4 Å². The van der Waals surface area contributed by atoms with Gasteiger partial charge >= 0.3 is 5.97 Å². The number of benzene rings is 3. The van der Waals surface area contributed by atoms with Gasteiger partial charge in [0.2, 0.25) is 5.91 Å². The molecule has 0 aliphatic rings. The summed E-state index contributed by atoms with van der Waals surface area (Å²) in [5, 5.41) is 2.80. The zero-order chi connectivity index (χ0) is 24.2. The van der Waals surface area contributed by atoms with Crippen molar-refractivity contribution < 1.29 is 22.7 Å². The normalized spacial score (nSPS) is 11.0. The first-order chi connectivity index (χ1) is 15.6. The maximum atomic E-state index is 13.4. The molecule has 0 aliphatic heterocycles. The number of sulfonamides is 1. The van der Waals surface area contributed by atoms with Crippen molar-refractivity contribution in [3.8, 4) is 0 Å². The number of anilines is 2. The summed E-state index contributed by atoms with van der Waals surface area (Å²) in [6.45, 7) is -0.618. The largest absolute Gasteiger partial charge is 0.465 e. The molecule has 33 heavy (non-hydrogen) atoms. The number of nitrogens with one attached hydrogen (secondary N) is 1. The van der Waals surface area contributed by atoms with Crippen molar-refractivity contribution in [2.45, 2.75) is 4.90 Å². The molecular weight excluding hydrogens is 511 g/mol. The summed E-state index contributed by atoms with van der Waals surface area (Å²) in [4.78, 5) is 24.7. The Bertz CT molecular complexity index is 1300. The number of hydrogen-bond acceptors (Lipinski definition) is 5. The molecule has 11 heteroatoms. The van der Waals surface area contributed by atoms with Crippen LogP contribution in [0.5, 0.6) is 0 Å². The Labute approximate surface area is 205 Å². The number of rotatable bonds is 7. The summed E-state index contributed by atoms with van der Waals surface area (Å²) in [7, 11) is -2.98. The molecule has 0 saturated carbocycles. The lowest BCUT2D eigenvalue weighted by atomic mass is 10.2. The first-order valence-electron chi connectivity index (χ1n) is 9.34. The Morgan fingerprint density at radius 3 is 2.30 bits per heavy atom. The highest BCUT2D eigenvalue weighted by atomic mass is 35.5. The van der Waals surface area contributed by atoms with Gasteiger partial charge in [0.1, 0.15) is 6.54 Å². The van der Waals surface area contributed by atoms with Crippen molar-refractivity contribution in [2.24, 2.45) is 0 Å². The molecule has 0 aromatic heterocycles. The highest BCUT2D eigenvalue weighted by Gasteiger charge is 2.29. The fraction of sp³-hybridized carbons (Fsp3) is 0.0909. The monoisotopic (exact) mass is 526 g/mol. The van der Waals surface area contributed by atoms with E-state index in [1.54, 1.807) is 18.2 Å². The summed E-state index contributed by atoms with van der Waals surface area (Å²) in [5.74, 6) is -1.38. The third-order valence-electron chi connectivity index (χ3n) is 4.47. The lowest BCUT2D eigenvalue weighted by Crippen LogP contribution is -2.38. The predicted octanol–water partition coefficient (Wildman–Crippen LogP) is 5.27. The van der Waals surface area contributed by atoms with E-state index in [0.29, 0.717) is 0 Å². The molecule has 7 nitrogen and oxygen atoms in total. The van der Waals surface area contributed by atoms with Crippen molar-refractivity contribution in [1.29, 1.82) is 0 Å². The standard InChI is InChI=1S/C22H17Cl3N2O5S/c1-32-22(29)16-12-14(10-11-17(16)23)26-20(28)13-27(19-9-5-8-18(24)21(19)25)33(30,31)15-6-3-2-4-7-15/h2-12H,13H2,1H3,(H,26,28). The number of ether oxygens (including phenoxy) is 1. The van der Waals surface area contributed by atoms with Crippen LogP contribution in [0.2, 0.25) is 15.1 Å². The number of nitrogens with zero attached hydrogens (tertiary/aromatic N) is 1. The molecule has 0 aliphatic carbocycles. The van der Waals surface area contributed by atoms with Crippen molar-refractivity contribution >= 4 is 68.1 Å². The molecule has 0 unspecified atom stereocenters. The molecular formula is C22H17Cl3N2O5S. The van der Waals surface area contributed by atoms with Gasteiger partial charge in [0.05, 0.1) is 38.3 Å². The highest BCUT2D eigenvalue weighted by molar-refractivity contribution is 7.92. The van der Waals surface area contributed by atoms with E-state index >= 15 is 0 Å². The second-order valence-corrected chi connectivity index (χ2v) is 9.69. The van der Waals surface area contributed by atoms with E-state index in [0.717, 1.165) is 4.31 Å². The summed E-state index contributed by atoms with van der Waals surface area (Å²) in [6, 6.07) is 16.3. The molecule has 0 spiro atoms. The van der Waals surface area contributed by atoms with Crippen LogP contribution >= 0.6 is 34.8 Å². The Morgan fingerprint density at radius 2 is 1.64 bits per heavy atom. The number of amides is 1. The number of carbonyl (C=O) groups is 2. The highest BCUT2D eigenvalue weighted by Crippen LogP contribution is 2.35. The minimum atomic E-state index is -4.18. The maximum Gasteiger partial charge on any atom is 0.339 e. The summed E-state index contributed by atoms with van der Waals surface area (Å²) < 4.78 is 32.3. The zero-order valence-electron chi connectivity index (χ0n) is 17.1. The van der Waals surface area contributed by atoms with Gasteiger partial charge in [0.15, 0.2) is 0 Å². The molecule has 3 aromatic carbocycles. The van der Waals surface area contributed by atoms with Crippen molar-refractivity contribution in [2.75, 3.05) is 23.3 Å². The van der Waals surface area contributed by atoms with E-state index in [2.05, 4.69) is 10.1 Å². The molecule has 172 valence electrons. The third kappa shape index (κ3) is 5.59. The number of hydrogen-bond donors (Lipinski definition) is 1. The second-order valence-electron chi connectivity index (χ2n) is 6.63. The van der Waals surface area contributed by atoms with Crippen LogP contribution in [0.15, 0.2) is 71.6 Å². The van der Waals surface area contributed by atoms with Gasteiger partial charge in [-0.2, -0.15) is 0 Å². The number of esters is 1. The average Bonchev–Trinajstić information content (AvgIpc) is 2.80. The van der Waals surface area contributed by atoms with Gasteiger partial charge < -0.3 is 10.1 Å². The predicted molar refractivity (Wildman–Crippen MR) is 129 cm³/mol. The SMILES string of the molecule is COC(=O)c1cc(NC(=O)CN(c2cccc(Cl)c2Cl)S(=O)(=O)c2ccccc2)ccc1Cl. The first kappa shape index (κ1) is 24.9. The molecule has 0 saturated heterocycles. The molecule has 0 bridgehead atoms. The van der Waals surface area contributed by atoms with Crippen LogP contribution in [0.3, 0.4) is 0 Å². The van der Waals surface area contributed by atoms with E-state index in [4.69, 9.17) is 34.8 Å². The minimum Gasteiger partial charge on any atom is -0.465 e. The van der Waals surface area contributed by atoms with Gasteiger partial charge in [-0.3, -0.25) is 9.10 Å². The Kier molecular flexibility index (Phi) is 7.86. The van der Waals surface area contributed by atoms with Gasteiger partial charge in [-0.1, -0.05) is 59.1 Å². The average molecular weight is 528 g/mol. The van der Waals surface area contributed by atoms with Crippen LogP contribution in [-0.2, 0) is 19.6 Å². The zero-order valence-corrected chi connectivity index (χ0v) is 20.2. The van der Waals surface area contributed by atoms with Crippen LogP contribution in [0, 0.1) is 0 Å². The third-order valence-corrected chi connectivity index (χ3v) is 7.39. The molecule has 0 fully saturated rings. The van der Waals surface area contributed by atoms with Gasteiger partial charge in [-0.25, -0.2) is 13.2 Å². The molecule has 0 atom stereocenters.